The summed E-state index contributed by atoms with van der Waals surface area (Å²) in [5.74, 6) is 1.59. The van der Waals surface area contributed by atoms with Crippen molar-refractivity contribution in [2.24, 2.45) is 0 Å². The molecule has 1 heterocycles. The lowest BCUT2D eigenvalue weighted by Gasteiger charge is -2.18. The lowest BCUT2D eigenvalue weighted by Crippen LogP contribution is -2.34. The zero-order chi connectivity index (χ0) is 19.2. The minimum absolute atomic E-state index is 0.333. The molecule has 0 spiro atoms. The van der Waals surface area contributed by atoms with Crippen molar-refractivity contribution in [3.05, 3.63) is 92.8 Å². The van der Waals surface area contributed by atoms with E-state index in [4.69, 9.17) is 4.74 Å². The first-order valence-corrected chi connectivity index (χ1v) is 8.82. The van der Waals surface area contributed by atoms with E-state index in [1.165, 1.54) is 4.57 Å². The molecular weight excluding hydrogens is 342 g/mol. The van der Waals surface area contributed by atoms with Crippen molar-refractivity contribution < 1.29 is 4.74 Å². The third kappa shape index (κ3) is 5.18. The first-order valence-electron chi connectivity index (χ1n) is 8.82. The number of nitrogens with zero attached hydrogens (tertiary/aromatic N) is 2. The molecule has 0 aliphatic carbocycles. The van der Waals surface area contributed by atoms with E-state index in [9.17, 15) is 9.59 Å². The summed E-state index contributed by atoms with van der Waals surface area (Å²) in [6.45, 7) is 3.60. The number of benzene rings is 2. The first kappa shape index (κ1) is 18.7. The van der Waals surface area contributed by atoms with E-state index in [1.54, 1.807) is 13.1 Å². The number of para-hydroxylation sites is 1. The van der Waals surface area contributed by atoms with Crippen LogP contribution in [-0.2, 0) is 13.1 Å². The van der Waals surface area contributed by atoms with Crippen LogP contribution in [0.1, 0.15) is 11.1 Å². The van der Waals surface area contributed by atoms with Gasteiger partial charge in [-0.2, -0.15) is 0 Å². The van der Waals surface area contributed by atoms with E-state index in [2.05, 4.69) is 9.88 Å². The topological polar surface area (TPSA) is 67.3 Å². The largest absolute Gasteiger partial charge is 0.457 e. The van der Waals surface area contributed by atoms with Gasteiger partial charge >= 0.3 is 5.69 Å². The van der Waals surface area contributed by atoms with Crippen LogP contribution < -0.4 is 16.0 Å². The summed E-state index contributed by atoms with van der Waals surface area (Å²) >= 11 is 0. The van der Waals surface area contributed by atoms with Gasteiger partial charge in [-0.15, -0.1) is 0 Å². The quantitative estimate of drug-likeness (QED) is 0.699. The van der Waals surface area contributed by atoms with Crippen molar-refractivity contribution in [3.63, 3.8) is 0 Å². The molecule has 0 saturated heterocycles. The van der Waals surface area contributed by atoms with Gasteiger partial charge in [0.15, 0.2) is 0 Å². The highest BCUT2D eigenvalue weighted by Gasteiger charge is 2.05. The maximum absolute atomic E-state index is 11.9. The van der Waals surface area contributed by atoms with Gasteiger partial charge < -0.3 is 9.64 Å². The molecular formula is C21H23N3O3. The second-order valence-electron chi connectivity index (χ2n) is 6.57. The number of aromatic nitrogens is 2. The van der Waals surface area contributed by atoms with Crippen molar-refractivity contribution in [2.75, 3.05) is 13.6 Å². The molecule has 140 valence electrons. The molecule has 0 radical (unpaired) electrons. The smallest absolute Gasteiger partial charge is 0.328 e. The van der Waals surface area contributed by atoms with Crippen LogP contribution in [-0.4, -0.2) is 28.0 Å². The summed E-state index contributed by atoms with van der Waals surface area (Å²) in [5, 5.41) is 0. The van der Waals surface area contributed by atoms with Crippen LogP contribution in [0.3, 0.4) is 0 Å². The Morgan fingerprint density at radius 2 is 1.78 bits per heavy atom. The molecule has 0 amide bonds. The van der Waals surface area contributed by atoms with Crippen LogP contribution in [0, 0.1) is 6.92 Å². The number of H-pyrrole nitrogens is 1. The van der Waals surface area contributed by atoms with Crippen molar-refractivity contribution in [3.8, 4) is 11.5 Å². The van der Waals surface area contributed by atoms with Crippen LogP contribution in [0.15, 0.2) is 70.4 Å². The Hall–Kier alpha value is -3.12. The third-order valence-electron chi connectivity index (χ3n) is 4.24. The summed E-state index contributed by atoms with van der Waals surface area (Å²) < 4.78 is 7.40. The fraction of sp³-hybridized carbons (Fsp3) is 0.238. The van der Waals surface area contributed by atoms with E-state index in [0.717, 1.165) is 23.6 Å². The highest BCUT2D eigenvalue weighted by Crippen LogP contribution is 2.22. The maximum atomic E-state index is 11.9. The number of ether oxygens (including phenoxy) is 1. The van der Waals surface area contributed by atoms with Gasteiger partial charge in [0.2, 0.25) is 0 Å². The summed E-state index contributed by atoms with van der Waals surface area (Å²) in [7, 11) is 1.99. The number of aryl methyl sites for hydroxylation is 1. The minimum Gasteiger partial charge on any atom is -0.457 e. The summed E-state index contributed by atoms with van der Waals surface area (Å²) in [5.41, 5.74) is 0.941. The third-order valence-corrected chi connectivity index (χ3v) is 4.24. The van der Waals surface area contributed by atoms with Gasteiger partial charge in [-0.05, 0) is 43.8 Å². The molecule has 3 aromatic rings. The zero-order valence-electron chi connectivity index (χ0n) is 15.5. The molecule has 6 nitrogen and oxygen atoms in total. The Labute approximate surface area is 157 Å². The average Bonchev–Trinajstić information content (AvgIpc) is 2.65. The monoisotopic (exact) mass is 365 g/mol. The van der Waals surface area contributed by atoms with Crippen LogP contribution in [0.4, 0.5) is 0 Å². The summed E-state index contributed by atoms with van der Waals surface area (Å²) in [6, 6.07) is 17.6. The van der Waals surface area contributed by atoms with Gasteiger partial charge in [0, 0.05) is 31.4 Å². The molecule has 3 rings (SSSR count). The molecule has 6 heteroatoms. The van der Waals surface area contributed by atoms with Crippen molar-refractivity contribution in [1.82, 2.24) is 14.5 Å². The van der Waals surface area contributed by atoms with Gasteiger partial charge in [0.05, 0.1) is 0 Å². The van der Waals surface area contributed by atoms with Gasteiger partial charge in [-0.1, -0.05) is 30.3 Å². The van der Waals surface area contributed by atoms with Gasteiger partial charge in [-0.3, -0.25) is 14.3 Å². The first-order chi connectivity index (χ1) is 13.0. The van der Waals surface area contributed by atoms with Gasteiger partial charge in [0.1, 0.15) is 11.5 Å². The Kier molecular flexibility index (Phi) is 5.88. The maximum Gasteiger partial charge on any atom is 0.328 e. The van der Waals surface area contributed by atoms with E-state index >= 15 is 0 Å². The molecule has 0 bridgehead atoms. The highest BCUT2D eigenvalue weighted by atomic mass is 16.5. The fourth-order valence-corrected chi connectivity index (χ4v) is 2.79. The van der Waals surface area contributed by atoms with Crippen molar-refractivity contribution >= 4 is 0 Å². The van der Waals surface area contributed by atoms with Crippen LogP contribution in [0.25, 0.3) is 0 Å². The predicted molar refractivity (Wildman–Crippen MR) is 105 cm³/mol. The Morgan fingerprint density at radius 1 is 1.04 bits per heavy atom. The molecule has 0 saturated carbocycles. The van der Waals surface area contributed by atoms with E-state index in [-0.39, 0.29) is 11.2 Å². The molecule has 0 atom stereocenters. The Balaban J connectivity index is 1.60. The van der Waals surface area contributed by atoms with E-state index < -0.39 is 0 Å². The second kappa shape index (κ2) is 8.51. The lowest BCUT2D eigenvalue weighted by atomic mass is 10.2. The second-order valence-corrected chi connectivity index (χ2v) is 6.57. The number of likely N-dealkylation sites (N-methyl/N-ethyl adjacent to an activating group) is 1. The number of hydrogen-bond donors (Lipinski definition) is 1. The molecule has 2 aromatic carbocycles. The molecule has 0 fully saturated rings. The SMILES string of the molecule is Cc1cn(CCN(C)Cc2cccc(Oc3ccccc3)c2)c(=O)[nH]c1=O. The molecule has 0 aliphatic rings. The van der Waals surface area contributed by atoms with Gasteiger partial charge in [-0.25, -0.2) is 4.79 Å². The Morgan fingerprint density at radius 3 is 2.56 bits per heavy atom. The van der Waals surface area contributed by atoms with Gasteiger partial charge in [0.25, 0.3) is 5.56 Å². The van der Waals surface area contributed by atoms with Crippen molar-refractivity contribution in [1.29, 1.82) is 0 Å². The van der Waals surface area contributed by atoms with E-state index in [0.29, 0.717) is 18.7 Å². The standard InChI is InChI=1S/C21H23N3O3/c1-16-14-24(21(26)22-20(16)25)12-11-23(2)15-17-7-6-10-19(13-17)27-18-8-4-3-5-9-18/h3-10,13-14H,11-12,15H2,1-2H3,(H,22,25,26). The fourth-order valence-electron chi connectivity index (χ4n) is 2.79. The van der Waals surface area contributed by atoms with Crippen molar-refractivity contribution in [2.45, 2.75) is 20.0 Å². The zero-order valence-corrected chi connectivity index (χ0v) is 15.5. The van der Waals surface area contributed by atoms with Crippen LogP contribution in [0.2, 0.25) is 0 Å². The normalized spacial score (nSPS) is 10.9. The predicted octanol–water partition coefficient (Wildman–Crippen LogP) is 2.77. The highest BCUT2D eigenvalue weighted by molar-refractivity contribution is 5.33. The number of nitrogens with one attached hydrogen (secondary N) is 1. The molecule has 0 aliphatic heterocycles. The molecule has 1 N–H and O–H groups in total. The number of hydrogen-bond acceptors (Lipinski definition) is 4. The Bertz CT molecular complexity index is 1010. The number of aromatic amines is 1. The number of rotatable bonds is 7. The van der Waals surface area contributed by atoms with E-state index in [1.807, 2.05) is 61.6 Å². The minimum atomic E-state index is -0.378. The van der Waals surface area contributed by atoms with Crippen LogP contribution in [0.5, 0.6) is 11.5 Å². The molecule has 1 aromatic heterocycles. The molecule has 0 unspecified atom stereocenters. The molecule has 27 heavy (non-hydrogen) atoms. The summed E-state index contributed by atoms with van der Waals surface area (Å²) in [6.07, 6.45) is 1.60. The lowest BCUT2D eigenvalue weighted by molar-refractivity contribution is 0.308. The average molecular weight is 365 g/mol. The van der Waals surface area contributed by atoms with Crippen LogP contribution >= 0.6 is 0 Å². The summed E-state index contributed by atoms with van der Waals surface area (Å²) in [4.78, 5) is 27.7.